The number of nitrogens with zero attached hydrogens (tertiary/aromatic N) is 5. The van der Waals surface area contributed by atoms with Crippen molar-refractivity contribution >= 4 is 17.2 Å². The number of hydrogen-bond donors (Lipinski definition) is 0. The van der Waals surface area contributed by atoms with Crippen LogP contribution in [0.4, 0.5) is 11.5 Å². The highest BCUT2D eigenvalue weighted by Crippen LogP contribution is 2.41. The Morgan fingerprint density at radius 1 is 1.07 bits per heavy atom. The Kier molecular flexibility index (Phi) is 3.79. The van der Waals surface area contributed by atoms with E-state index in [1.165, 1.54) is 5.56 Å². The zero-order valence-electron chi connectivity index (χ0n) is 16.1. The molecule has 6 heteroatoms. The fourth-order valence-corrected chi connectivity index (χ4v) is 4.04. The molecule has 4 aromatic rings. The lowest BCUT2D eigenvalue weighted by molar-refractivity contribution is 0.414. The number of aromatic nitrogens is 4. The highest BCUT2D eigenvalue weighted by molar-refractivity contribution is 5.75. The van der Waals surface area contributed by atoms with Crippen molar-refractivity contribution in [2.75, 3.05) is 19.1 Å². The van der Waals surface area contributed by atoms with Crippen molar-refractivity contribution in [1.29, 1.82) is 0 Å². The summed E-state index contributed by atoms with van der Waals surface area (Å²) in [5.74, 6) is 2.91. The summed E-state index contributed by atoms with van der Waals surface area (Å²) in [5, 5.41) is 9.00. The van der Waals surface area contributed by atoms with Crippen LogP contribution in [0.15, 0.2) is 54.9 Å². The molecular weight excluding hydrogens is 350 g/mol. The van der Waals surface area contributed by atoms with Gasteiger partial charge >= 0.3 is 0 Å². The summed E-state index contributed by atoms with van der Waals surface area (Å²) in [6.45, 7) is 2.24. The second kappa shape index (κ2) is 6.34. The molecule has 0 radical (unpaired) electrons. The molecule has 28 heavy (non-hydrogen) atoms. The van der Waals surface area contributed by atoms with E-state index in [9.17, 15) is 0 Å². The molecule has 0 saturated heterocycles. The maximum Gasteiger partial charge on any atom is 0.169 e. The Bertz CT molecular complexity index is 1170. The van der Waals surface area contributed by atoms with Crippen LogP contribution in [0.5, 0.6) is 5.75 Å². The van der Waals surface area contributed by atoms with E-state index >= 15 is 0 Å². The SMILES string of the molecule is COc1ccc2c(c1)C(C)Cc1c(ncn3c(-c4ccccc4)nnc13)N2C. The molecule has 1 aliphatic heterocycles. The maximum absolute atomic E-state index is 5.44. The van der Waals surface area contributed by atoms with E-state index in [0.717, 1.165) is 46.3 Å². The van der Waals surface area contributed by atoms with Gasteiger partial charge in [-0.15, -0.1) is 10.2 Å². The van der Waals surface area contributed by atoms with Gasteiger partial charge in [0, 0.05) is 23.9 Å². The number of anilines is 2. The summed E-state index contributed by atoms with van der Waals surface area (Å²) < 4.78 is 7.44. The molecule has 2 aromatic heterocycles. The van der Waals surface area contributed by atoms with Crippen LogP contribution in [0.1, 0.15) is 24.0 Å². The van der Waals surface area contributed by atoms with Crippen molar-refractivity contribution in [3.63, 3.8) is 0 Å². The first-order chi connectivity index (χ1) is 13.7. The number of methoxy groups -OCH3 is 1. The number of ether oxygens (including phenoxy) is 1. The summed E-state index contributed by atoms with van der Waals surface area (Å²) in [4.78, 5) is 6.94. The largest absolute Gasteiger partial charge is 0.497 e. The highest BCUT2D eigenvalue weighted by atomic mass is 16.5. The predicted molar refractivity (Wildman–Crippen MR) is 109 cm³/mol. The quantitative estimate of drug-likeness (QED) is 0.528. The molecule has 0 spiro atoms. The monoisotopic (exact) mass is 371 g/mol. The van der Waals surface area contributed by atoms with Gasteiger partial charge in [-0.05, 0) is 36.1 Å². The van der Waals surface area contributed by atoms with Gasteiger partial charge in [0.2, 0.25) is 0 Å². The van der Waals surface area contributed by atoms with Crippen LogP contribution < -0.4 is 9.64 Å². The van der Waals surface area contributed by atoms with Crippen LogP contribution in [0, 0.1) is 0 Å². The van der Waals surface area contributed by atoms with Crippen LogP contribution >= 0.6 is 0 Å². The van der Waals surface area contributed by atoms with Gasteiger partial charge in [-0.25, -0.2) is 4.98 Å². The number of rotatable bonds is 2. The van der Waals surface area contributed by atoms with Crippen molar-refractivity contribution in [3.8, 4) is 17.1 Å². The van der Waals surface area contributed by atoms with Gasteiger partial charge < -0.3 is 9.64 Å². The second-order valence-electron chi connectivity index (χ2n) is 7.22. The summed E-state index contributed by atoms with van der Waals surface area (Å²) in [7, 11) is 3.76. The van der Waals surface area contributed by atoms with Crippen molar-refractivity contribution in [2.24, 2.45) is 0 Å². The number of fused-ring (bicyclic) bond motifs is 4. The molecule has 0 N–H and O–H groups in total. The summed E-state index contributed by atoms with van der Waals surface area (Å²) >= 11 is 0. The highest BCUT2D eigenvalue weighted by Gasteiger charge is 2.27. The average Bonchev–Trinajstić information content (AvgIpc) is 3.14. The molecule has 2 aromatic carbocycles. The minimum Gasteiger partial charge on any atom is -0.497 e. The van der Waals surface area contributed by atoms with E-state index in [1.54, 1.807) is 7.11 Å². The number of benzene rings is 2. The Morgan fingerprint density at radius 2 is 1.89 bits per heavy atom. The molecule has 0 aliphatic carbocycles. The zero-order chi connectivity index (χ0) is 19.3. The minimum absolute atomic E-state index is 0.304. The zero-order valence-corrected chi connectivity index (χ0v) is 16.1. The smallest absolute Gasteiger partial charge is 0.169 e. The molecule has 140 valence electrons. The van der Waals surface area contributed by atoms with Crippen LogP contribution in [-0.4, -0.2) is 33.7 Å². The van der Waals surface area contributed by atoms with Gasteiger partial charge in [-0.1, -0.05) is 37.3 Å². The summed E-state index contributed by atoms with van der Waals surface area (Å²) in [5.41, 5.74) is 5.40. The van der Waals surface area contributed by atoms with Gasteiger partial charge in [0.15, 0.2) is 11.5 Å². The van der Waals surface area contributed by atoms with Crippen molar-refractivity contribution in [1.82, 2.24) is 19.6 Å². The van der Waals surface area contributed by atoms with Crippen molar-refractivity contribution < 1.29 is 4.74 Å². The Labute approximate surface area is 163 Å². The maximum atomic E-state index is 5.44. The van der Waals surface area contributed by atoms with E-state index in [0.29, 0.717) is 5.92 Å². The molecule has 0 amide bonds. The lowest BCUT2D eigenvalue weighted by Crippen LogP contribution is -2.14. The van der Waals surface area contributed by atoms with Gasteiger partial charge in [0.05, 0.1) is 7.11 Å². The van der Waals surface area contributed by atoms with Crippen LogP contribution in [-0.2, 0) is 6.42 Å². The normalized spacial score (nSPS) is 15.8. The van der Waals surface area contributed by atoms with E-state index in [2.05, 4.69) is 41.2 Å². The van der Waals surface area contributed by atoms with Gasteiger partial charge in [-0.2, -0.15) is 0 Å². The average molecular weight is 371 g/mol. The van der Waals surface area contributed by atoms with E-state index < -0.39 is 0 Å². The molecule has 5 rings (SSSR count). The molecule has 0 saturated carbocycles. The summed E-state index contributed by atoms with van der Waals surface area (Å²) in [6.07, 6.45) is 2.66. The van der Waals surface area contributed by atoms with E-state index in [1.807, 2.05) is 47.1 Å². The van der Waals surface area contributed by atoms with Gasteiger partial charge in [0.25, 0.3) is 0 Å². The standard InChI is InChI=1S/C22H21N5O/c1-14-11-18-21(26(2)19-10-9-16(28-3)12-17(14)19)23-13-27-20(24-25-22(18)27)15-7-5-4-6-8-15/h4-10,12-14H,11H2,1-3H3. The Balaban J connectivity index is 1.69. The third-order valence-corrected chi connectivity index (χ3v) is 5.52. The molecule has 6 nitrogen and oxygen atoms in total. The minimum atomic E-state index is 0.304. The van der Waals surface area contributed by atoms with Crippen LogP contribution in [0.25, 0.3) is 17.0 Å². The fraction of sp³-hybridized carbons (Fsp3) is 0.227. The molecule has 0 fully saturated rings. The topological polar surface area (TPSA) is 55.6 Å². The van der Waals surface area contributed by atoms with Crippen LogP contribution in [0.3, 0.4) is 0 Å². The first-order valence-corrected chi connectivity index (χ1v) is 9.37. The second-order valence-corrected chi connectivity index (χ2v) is 7.22. The molecule has 1 atom stereocenters. The molecular formula is C22H21N5O. The van der Waals surface area contributed by atoms with Gasteiger partial charge in [0.1, 0.15) is 17.9 Å². The third kappa shape index (κ3) is 2.45. The molecule has 3 heterocycles. The van der Waals surface area contributed by atoms with Crippen LogP contribution in [0.2, 0.25) is 0 Å². The lowest BCUT2D eigenvalue weighted by atomic mass is 9.94. The molecule has 1 aliphatic rings. The first-order valence-electron chi connectivity index (χ1n) is 9.37. The third-order valence-electron chi connectivity index (χ3n) is 5.52. The Morgan fingerprint density at radius 3 is 2.68 bits per heavy atom. The van der Waals surface area contributed by atoms with Crippen molar-refractivity contribution in [2.45, 2.75) is 19.3 Å². The predicted octanol–water partition coefficient (Wildman–Crippen LogP) is 4.23. The van der Waals surface area contributed by atoms with E-state index in [4.69, 9.17) is 9.72 Å². The fourth-order valence-electron chi connectivity index (χ4n) is 4.04. The summed E-state index contributed by atoms with van der Waals surface area (Å²) in [6, 6.07) is 16.3. The molecule has 0 bridgehead atoms. The van der Waals surface area contributed by atoms with E-state index in [-0.39, 0.29) is 0 Å². The first kappa shape index (κ1) is 16.7. The van der Waals surface area contributed by atoms with Crippen molar-refractivity contribution in [3.05, 3.63) is 66.0 Å². The molecule has 1 unspecified atom stereocenters. The lowest BCUT2D eigenvalue weighted by Gasteiger charge is -2.21. The van der Waals surface area contributed by atoms with Gasteiger partial charge in [-0.3, -0.25) is 4.40 Å². The number of hydrogen-bond acceptors (Lipinski definition) is 5. The Hall–Kier alpha value is -3.41.